The van der Waals surface area contributed by atoms with E-state index in [0.717, 1.165) is 10.9 Å². The van der Waals surface area contributed by atoms with E-state index in [4.69, 9.17) is 0 Å². The van der Waals surface area contributed by atoms with Crippen molar-refractivity contribution in [1.29, 1.82) is 0 Å². The molecule has 2 aromatic rings. The minimum Gasteiger partial charge on any atom is -0.394 e. The van der Waals surface area contributed by atoms with Gasteiger partial charge in [0.2, 0.25) is 11.8 Å². The normalized spacial score (nSPS) is 19.2. The number of aromatic amines is 1. The van der Waals surface area contributed by atoms with Gasteiger partial charge in [-0.3, -0.25) is 19.6 Å². The molecule has 0 radical (unpaired) electrons. The Hall–Kier alpha value is -2.41. The smallest absolute Gasteiger partial charge is 0.229 e. The van der Waals surface area contributed by atoms with Gasteiger partial charge >= 0.3 is 0 Å². The lowest BCUT2D eigenvalue weighted by molar-refractivity contribution is -0.127. The zero-order valence-electron chi connectivity index (χ0n) is 13.8. The van der Waals surface area contributed by atoms with Crippen LogP contribution in [0.25, 0.3) is 10.9 Å². The number of aromatic nitrogens is 2. The Morgan fingerprint density at radius 1 is 1.46 bits per heavy atom. The first-order chi connectivity index (χ1) is 11.5. The highest BCUT2D eigenvalue weighted by molar-refractivity contribution is 6.05. The van der Waals surface area contributed by atoms with Crippen molar-refractivity contribution < 1.29 is 14.7 Å². The molecule has 24 heavy (non-hydrogen) atoms. The van der Waals surface area contributed by atoms with E-state index in [1.807, 2.05) is 38.1 Å². The van der Waals surface area contributed by atoms with Crippen LogP contribution >= 0.6 is 0 Å². The summed E-state index contributed by atoms with van der Waals surface area (Å²) in [6, 6.07) is 7.28. The van der Waals surface area contributed by atoms with Gasteiger partial charge < -0.3 is 10.4 Å². The molecule has 3 rings (SSSR count). The molecule has 1 aliphatic heterocycles. The van der Waals surface area contributed by atoms with Gasteiger partial charge in [0.05, 0.1) is 24.1 Å². The molecule has 0 spiro atoms. The van der Waals surface area contributed by atoms with Crippen LogP contribution in [0.4, 0.5) is 5.82 Å². The number of carbonyl (C=O) groups excluding carboxylic acids is 2. The first-order valence-electron chi connectivity index (χ1n) is 8.16. The molecule has 7 heteroatoms. The monoisotopic (exact) mass is 330 g/mol. The summed E-state index contributed by atoms with van der Waals surface area (Å²) < 4.78 is 0. The number of nitrogens with zero attached hydrogens (tertiary/aromatic N) is 2. The summed E-state index contributed by atoms with van der Waals surface area (Å²) in [6.45, 7) is 4.06. The molecule has 0 bridgehead atoms. The number of aliphatic hydroxyl groups is 1. The van der Waals surface area contributed by atoms with E-state index in [1.165, 1.54) is 0 Å². The highest BCUT2D eigenvalue weighted by Gasteiger charge is 2.37. The van der Waals surface area contributed by atoms with Gasteiger partial charge in [0.1, 0.15) is 0 Å². The minimum absolute atomic E-state index is 0.113. The van der Waals surface area contributed by atoms with Gasteiger partial charge in [0.15, 0.2) is 5.82 Å². The van der Waals surface area contributed by atoms with Crippen LogP contribution in [0.1, 0.15) is 20.3 Å². The lowest BCUT2D eigenvalue weighted by atomic mass is 10.0. The first kappa shape index (κ1) is 16.4. The average molecular weight is 330 g/mol. The number of anilines is 1. The SMILES string of the molecule is CC(C)[C@H](CO)NC(=O)[C@H]1CC(=O)N(c2n[nH]c3ccccc23)C1. The molecular formula is C17H22N4O3. The van der Waals surface area contributed by atoms with Gasteiger partial charge in [0, 0.05) is 18.4 Å². The number of aliphatic hydroxyl groups excluding tert-OH is 1. The second kappa shape index (κ2) is 6.60. The van der Waals surface area contributed by atoms with Crippen LogP contribution in [0.2, 0.25) is 0 Å². The fraction of sp³-hybridized carbons (Fsp3) is 0.471. The summed E-state index contributed by atoms with van der Waals surface area (Å²) in [4.78, 5) is 26.3. The van der Waals surface area contributed by atoms with Crippen molar-refractivity contribution in [1.82, 2.24) is 15.5 Å². The van der Waals surface area contributed by atoms with Crippen molar-refractivity contribution in [2.45, 2.75) is 26.3 Å². The summed E-state index contributed by atoms with van der Waals surface area (Å²) in [5.74, 6) is -0.0485. The lowest BCUT2D eigenvalue weighted by Gasteiger charge is -2.22. The Balaban J connectivity index is 1.75. The standard InChI is InChI=1S/C17H22N4O3/c1-10(2)14(9-22)18-17(24)11-7-15(23)21(8-11)16-12-5-3-4-6-13(12)19-20-16/h3-6,10-11,14,22H,7-9H2,1-2H3,(H,18,24)(H,19,20)/t11-,14-/m0/s1. The molecule has 2 heterocycles. The zero-order chi connectivity index (χ0) is 17.3. The summed E-state index contributed by atoms with van der Waals surface area (Å²) >= 11 is 0. The number of para-hydroxylation sites is 1. The Morgan fingerprint density at radius 3 is 2.92 bits per heavy atom. The lowest BCUT2D eigenvalue weighted by Crippen LogP contribution is -2.44. The Labute approximate surface area is 140 Å². The second-order valence-corrected chi connectivity index (χ2v) is 6.54. The molecule has 2 amide bonds. The quantitative estimate of drug-likeness (QED) is 0.763. The van der Waals surface area contributed by atoms with Gasteiger partial charge in [-0.1, -0.05) is 26.0 Å². The number of H-pyrrole nitrogens is 1. The number of hydrogen-bond acceptors (Lipinski definition) is 4. The van der Waals surface area contributed by atoms with Crippen molar-refractivity contribution >= 4 is 28.5 Å². The van der Waals surface area contributed by atoms with Crippen LogP contribution in [0, 0.1) is 11.8 Å². The maximum atomic E-state index is 12.4. The summed E-state index contributed by atoms with van der Waals surface area (Å²) in [7, 11) is 0. The van der Waals surface area contributed by atoms with Gasteiger partial charge in [-0.05, 0) is 18.1 Å². The fourth-order valence-electron chi connectivity index (χ4n) is 2.97. The molecule has 1 saturated heterocycles. The third kappa shape index (κ3) is 2.99. The number of fused-ring (bicyclic) bond motifs is 1. The minimum atomic E-state index is -0.430. The maximum Gasteiger partial charge on any atom is 0.229 e. The van der Waals surface area contributed by atoms with Gasteiger partial charge in [-0.2, -0.15) is 5.10 Å². The summed E-state index contributed by atoms with van der Waals surface area (Å²) in [5, 5.41) is 20.2. The molecule has 1 aromatic carbocycles. The Kier molecular flexibility index (Phi) is 4.53. The molecule has 7 nitrogen and oxygen atoms in total. The maximum absolute atomic E-state index is 12.4. The van der Waals surface area contributed by atoms with E-state index in [1.54, 1.807) is 4.90 Å². The molecule has 3 N–H and O–H groups in total. The highest BCUT2D eigenvalue weighted by Crippen LogP contribution is 2.29. The van der Waals surface area contributed by atoms with Crippen LogP contribution in [0.5, 0.6) is 0 Å². The zero-order valence-corrected chi connectivity index (χ0v) is 13.8. The van der Waals surface area contributed by atoms with Gasteiger partial charge in [-0.25, -0.2) is 0 Å². The highest BCUT2D eigenvalue weighted by atomic mass is 16.3. The van der Waals surface area contributed by atoms with E-state index >= 15 is 0 Å². The molecule has 0 unspecified atom stereocenters. The molecular weight excluding hydrogens is 308 g/mol. The van der Waals surface area contributed by atoms with E-state index in [0.29, 0.717) is 12.4 Å². The Morgan fingerprint density at radius 2 is 2.21 bits per heavy atom. The molecule has 1 aliphatic rings. The number of benzene rings is 1. The molecule has 0 aliphatic carbocycles. The van der Waals surface area contributed by atoms with E-state index in [2.05, 4.69) is 15.5 Å². The predicted octanol–water partition coefficient (Wildman–Crippen LogP) is 1.05. The van der Waals surface area contributed by atoms with Crippen molar-refractivity contribution in [2.75, 3.05) is 18.1 Å². The molecule has 128 valence electrons. The van der Waals surface area contributed by atoms with E-state index in [-0.39, 0.29) is 36.8 Å². The summed E-state index contributed by atoms with van der Waals surface area (Å²) in [5.41, 5.74) is 0.855. The number of nitrogens with one attached hydrogen (secondary N) is 2. The number of hydrogen-bond donors (Lipinski definition) is 3. The van der Waals surface area contributed by atoms with Crippen molar-refractivity contribution in [3.63, 3.8) is 0 Å². The Bertz CT molecular complexity index is 755. The molecule has 1 aromatic heterocycles. The van der Waals surface area contributed by atoms with Crippen LogP contribution in [-0.2, 0) is 9.59 Å². The topological polar surface area (TPSA) is 98.3 Å². The average Bonchev–Trinajstić information content (AvgIpc) is 3.15. The van der Waals surface area contributed by atoms with Crippen molar-refractivity contribution in [3.8, 4) is 0 Å². The predicted molar refractivity (Wildman–Crippen MR) is 90.4 cm³/mol. The van der Waals surface area contributed by atoms with E-state index in [9.17, 15) is 14.7 Å². The number of amides is 2. The third-order valence-electron chi connectivity index (χ3n) is 4.53. The third-order valence-corrected chi connectivity index (χ3v) is 4.53. The fourth-order valence-corrected chi connectivity index (χ4v) is 2.97. The van der Waals surface area contributed by atoms with Gasteiger partial charge in [-0.15, -0.1) is 0 Å². The largest absolute Gasteiger partial charge is 0.394 e. The van der Waals surface area contributed by atoms with Crippen LogP contribution in [0.3, 0.4) is 0 Å². The van der Waals surface area contributed by atoms with Gasteiger partial charge in [0.25, 0.3) is 0 Å². The number of carbonyl (C=O) groups is 2. The van der Waals surface area contributed by atoms with Crippen LogP contribution in [-0.4, -0.2) is 46.3 Å². The first-order valence-corrected chi connectivity index (χ1v) is 8.16. The van der Waals surface area contributed by atoms with E-state index < -0.39 is 5.92 Å². The second-order valence-electron chi connectivity index (χ2n) is 6.54. The van der Waals surface area contributed by atoms with Crippen molar-refractivity contribution in [3.05, 3.63) is 24.3 Å². The molecule has 1 fully saturated rings. The summed E-state index contributed by atoms with van der Waals surface area (Å²) in [6.07, 6.45) is 0.156. The van der Waals surface area contributed by atoms with Crippen LogP contribution < -0.4 is 10.2 Å². The number of rotatable bonds is 5. The van der Waals surface area contributed by atoms with Crippen LogP contribution in [0.15, 0.2) is 24.3 Å². The van der Waals surface area contributed by atoms with Crippen molar-refractivity contribution in [2.24, 2.45) is 11.8 Å². The molecule has 0 saturated carbocycles. The molecule has 2 atom stereocenters.